The van der Waals surface area contributed by atoms with Gasteiger partial charge < -0.3 is 10.2 Å². The van der Waals surface area contributed by atoms with E-state index in [1.807, 2.05) is 24.3 Å². The molecule has 0 spiro atoms. The Hall–Kier alpha value is -1.84. The number of carbonyl (C=O) groups is 2. The van der Waals surface area contributed by atoms with E-state index in [9.17, 15) is 9.59 Å². The van der Waals surface area contributed by atoms with E-state index in [1.54, 1.807) is 0 Å². The minimum atomic E-state index is -0.978. The van der Waals surface area contributed by atoms with Crippen LogP contribution in [0.2, 0.25) is 0 Å². The molecule has 0 saturated carbocycles. The molecule has 4 heteroatoms. The largest absolute Gasteiger partial charge is 0.481 e. The topological polar surface area (TPSA) is 74.6 Å². The Kier molecular flexibility index (Phi) is 4.89. The van der Waals surface area contributed by atoms with Crippen molar-refractivity contribution in [1.29, 1.82) is 0 Å². The zero-order valence-electron chi connectivity index (χ0n) is 10.6. The molecule has 0 bridgehead atoms. The van der Waals surface area contributed by atoms with E-state index in [2.05, 4.69) is 13.8 Å². The van der Waals surface area contributed by atoms with Crippen LogP contribution in [-0.2, 0) is 9.59 Å². The lowest BCUT2D eigenvalue weighted by molar-refractivity contribution is -0.139. The fraction of sp³-hybridized carbons (Fsp3) is 0.429. The molecule has 0 saturated heterocycles. The van der Waals surface area contributed by atoms with Crippen LogP contribution in [0.5, 0.6) is 0 Å². The van der Waals surface area contributed by atoms with Crippen LogP contribution < -0.4 is 0 Å². The maximum atomic E-state index is 10.7. The summed E-state index contributed by atoms with van der Waals surface area (Å²) < 4.78 is 0. The Bertz CT molecular complexity index is 404. The smallest absolute Gasteiger partial charge is 0.303 e. The highest BCUT2D eigenvalue weighted by Gasteiger charge is 2.19. The summed E-state index contributed by atoms with van der Waals surface area (Å²) in [6.07, 6.45) is -0.319. The first-order valence-corrected chi connectivity index (χ1v) is 5.93. The van der Waals surface area contributed by atoms with E-state index in [0.717, 1.165) is 11.1 Å². The van der Waals surface area contributed by atoms with Crippen LogP contribution in [0, 0.1) is 0 Å². The normalized spacial score (nSPS) is 10.9. The second-order valence-corrected chi connectivity index (χ2v) is 4.71. The van der Waals surface area contributed by atoms with E-state index < -0.39 is 17.9 Å². The molecule has 0 amide bonds. The van der Waals surface area contributed by atoms with Gasteiger partial charge in [-0.05, 0) is 17.0 Å². The third kappa shape index (κ3) is 4.20. The van der Waals surface area contributed by atoms with Crippen LogP contribution in [0.3, 0.4) is 0 Å². The van der Waals surface area contributed by atoms with Crippen molar-refractivity contribution in [2.24, 2.45) is 0 Å². The minimum Gasteiger partial charge on any atom is -0.481 e. The van der Waals surface area contributed by atoms with Crippen molar-refractivity contribution in [3.8, 4) is 0 Å². The molecule has 0 heterocycles. The van der Waals surface area contributed by atoms with Gasteiger partial charge >= 0.3 is 11.9 Å². The lowest BCUT2D eigenvalue weighted by Gasteiger charge is -2.14. The van der Waals surface area contributed by atoms with Crippen LogP contribution in [0.15, 0.2) is 24.3 Å². The van der Waals surface area contributed by atoms with Gasteiger partial charge in [-0.3, -0.25) is 9.59 Å². The number of hydrogen-bond acceptors (Lipinski definition) is 2. The van der Waals surface area contributed by atoms with Crippen LogP contribution >= 0.6 is 0 Å². The molecule has 18 heavy (non-hydrogen) atoms. The molecule has 1 aromatic carbocycles. The molecule has 1 rings (SSSR count). The second kappa shape index (κ2) is 6.19. The maximum Gasteiger partial charge on any atom is 0.303 e. The zero-order valence-corrected chi connectivity index (χ0v) is 10.6. The molecule has 1 aromatic rings. The lowest BCUT2D eigenvalue weighted by Crippen LogP contribution is -2.11. The highest BCUT2D eigenvalue weighted by molar-refractivity contribution is 5.72. The van der Waals surface area contributed by atoms with Gasteiger partial charge in [-0.25, -0.2) is 0 Å². The number of rotatable bonds is 6. The highest BCUT2D eigenvalue weighted by Crippen LogP contribution is 2.25. The Morgan fingerprint density at radius 2 is 1.33 bits per heavy atom. The Labute approximate surface area is 106 Å². The summed E-state index contributed by atoms with van der Waals surface area (Å²) in [4.78, 5) is 21.5. The van der Waals surface area contributed by atoms with Crippen molar-refractivity contribution >= 4 is 11.9 Å². The summed E-state index contributed by atoms with van der Waals surface area (Å²) in [5, 5.41) is 17.6. The summed E-state index contributed by atoms with van der Waals surface area (Å²) in [7, 11) is 0. The van der Waals surface area contributed by atoms with Crippen molar-refractivity contribution in [3.63, 3.8) is 0 Å². The molecule has 0 unspecified atom stereocenters. The highest BCUT2D eigenvalue weighted by atomic mass is 16.4. The summed E-state index contributed by atoms with van der Waals surface area (Å²) in [6, 6.07) is 7.51. The molecule has 0 fully saturated rings. The predicted octanol–water partition coefficient (Wildman–Crippen LogP) is 2.84. The first-order valence-electron chi connectivity index (χ1n) is 5.93. The molecule has 0 aliphatic carbocycles. The van der Waals surface area contributed by atoms with Crippen molar-refractivity contribution < 1.29 is 19.8 Å². The predicted molar refractivity (Wildman–Crippen MR) is 67.8 cm³/mol. The first-order chi connectivity index (χ1) is 8.40. The molecule has 0 radical (unpaired) electrons. The molecule has 2 N–H and O–H groups in total. The van der Waals surface area contributed by atoms with Gasteiger partial charge in [0.25, 0.3) is 0 Å². The Balaban J connectivity index is 2.90. The fourth-order valence-electron chi connectivity index (χ4n) is 1.88. The molecule has 4 nitrogen and oxygen atoms in total. The average molecular weight is 250 g/mol. The number of carboxylic acids is 2. The third-order valence-corrected chi connectivity index (χ3v) is 2.92. The lowest BCUT2D eigenvalue weighted by atomic mass is 9.90. The van der Waals surface area contributed by atoms with E-state index >= 15 is 0 Å². The van der Waals surface area contributed by atoms with Gasteiger partial charge in [-0.1, -0.05) is 38.1 Å². The summed E-state index contributed by atoms with van der Waals surface area (Å²) in [5.74, 6) is -2.03. The van der Waals surface area contributed by atoms with Gasteiger partial charge in [0.05, 0.1) is 12.8 Å². The molecule has 98 valence electrons. The van der Waals surface area contributed by atoms with Gasteiger partial charge in [-0.2, -0.15) is 0 Å². The third-order valence-electron chi connectivity index (χ3n) is 2.92. The Morgan fingerprint density at radius 3 is 1.67 bits per heavy atom. The number of benzene rings is 1. The van der Waals surface area contributed by atoms with Crippen molar-refractivity contribution in [2.75, 3.05) is 0 Å². The van der Waals surface area contributed by atoms with E-state index in [-0.39, 0.29) is 12.8 Å². The monoisotopic (exact) mass is 250 g/mol. The number of hydrogen-bond donors (Lipinski definition) is 2. The molecular weight excluding hydrogens is 232 g/mol. The van der Waals surface area contributed by atoms with Crippen molar-refractivity contribution in [2.45, 2.75) is 38.5 Å². The van der Waals surface area contributed by atoms with E-state index in [4.69, 9.17) is 10.2 Å². The number of carboxylic acid groups (broad SMARTS) is 2. The van der Waals surface area contributed by atoms with Crippen molar-refractivity contribution in [1.82, 2.24) is 0 Å². The van der Waals surface area contributed by atoms with E-state index in [0.29, 0.717) is 5.92 Å². The van der Waals surface area contributed by atoms with Crippen LogP contribution in [0.25, 0.3) is 0 Å². The van der Waals surface area contributed by atoms with Gasteiger partial charge in [0.1, 0.15) is 0 Å². The van der Waals surface area contributed by atoms with Gasteiger partial charge in [0.2, 0.25) is 0 Å². The van der Waals surface area contributed by atoms with Crippen LogP contribution in [-0.4, -0.2) is 22.2 Å². The molecule has 0 aliphatic rings. The second-order valence-electron chi connectivity index (χ2n) is 4.71. The van der Waals surface area contributed by atoms with Gasteiger partial charge in [0, 0.05) is 5.92 Å². The SMILES string of the molecule is CC(C)c1ccc(C(CC(=O)O)CC(=O)O)cc1. The first kappa shape index (κ1) is 14.2. The van der Waals surface area contributed by atoms with E-state index in [1.165, 1.54) is 0 Å². The summed E-state index contributed by atoms with van der Waals surface area (Å²) in [6.45, 7) is 4.14. The molecule has 0 aliphatic heterocycles. The summed E-state index contributed by atoms with van der Waals surface area (Å²) in [5.41, 5.74) is 1.92. The van der Waals surface area contributed by atoms with Crippen LogP contribution in [0.4, 0.5) is 0 Å². The maximum absolute atomic E-state index is 10.7. The Morgan fingerprint density at radius 1 is 0.944 bits per heavy atom. The van der Waals surface area contributed by atoms with Gasteiger partial charge in [0.15, 0.2) is 0 Å². The zero-order chi connectivity index (χ0) is 13.7. The van der Waals surface area contributed by atoms with Gasteiger partial charge in [-0.15, -0.1) is 0 Å². The average Bonchev–Trinajstić information content (AvgIpc) is 2.27. The van der Waals surface area contributed by atoms with Crippen molar-refractivity contribution in [3.05, 3.63) is 35.4 Å². The molecule has 0 atom stereocenters. The molecule has 0 aromatic heterocycles. The minimum absolute atomic E-state index is 0.159. The summed E-state index contributed by atoms with van der Waals surface area (Å²) >= 11 is 0. The number of aliphatic carboxylic acids is 2. The fourth-order valence-corrected chi connectivity index (χ4v) is 1.88. The standard InChI is InChI=1S/C14H18O4/c1-9(2)10-3-5-11(6-4-10)12(7-13(15)16)8-14(17)18/h3-6,9,12H,7-8H2,1-2H3,(H,15,16)(H,17,18). The van der Waals surface area contributed by atoms with Crippen LogP contribution in [0.1, 0.15) is 49.7 Å². The molecular formula is C14H18O4. The quantitative estimate of drug-likeness (QED) is 0.814.